The Labute approximate surface area is 98.0 Å². The van der Waals surface area contributed by atoms with Crippen molar-refractivity contribution in [1.29, 1.82) is 0 Å². The molecule has 1 aromatic carbocycles. The number of benzene rings is 1. The second-order valence-electron chi connectivity index (χ2n) is 3.27. The summed E-state index contributed by atoms with van der Waals surface area (Å²) < 4.78 is 28.1. The van der Waals surface area contributed by atoms with Crippen molar-refractivity contribution in [3.63, 3.8) is 0 Å². The lowest BCUT2D eigenvalue weighted by atomic mass is 10.2. The van der Waals surface area contributed by atoms with E-state index in [1.807, 2.05) is 0 Å². The van der Waals surface area contributed by atoms with E-state index in [-0.39, 0.29) is 11.7 Å². The second kappa shape index (κ2) is 6.80. The molecule has 0 aromatic heterocycles. The molecule has 0 fully saturated rings. The predicted octanol–water partition coefficient (Wildman–Crippen LogP) is 1.24. The Hall–Kier alpha value is -1.69. The molecule has 0 atom stereocenters. The molecule has 0 aliphatic heterocycles. The minimum absolute atomic E-state index is 0.0266. The van der Waals surface area contributed by atoms with Gasteiger partial charge in [0.15, 0.2) is 0 Å². The van der Waals surface area contributed by atoms with Gasteiger partial charge in [0.1, 0.15) is 5.75 Å². The molecule has 0 saturated heterocycles. The molecule has 0 spiro atoms. The summed E-state index contributed by atoms with van der Waals surface area (Å²) in [5, 5.41) is 5.51. The maximum Gasteiger partial charge on any atom is 0.387 e. The van der Waals surface area contributed by atoms with Gasteiger partial charge in [-0.25, -0.2) is 0 Å². The van der Waals surface area contributed by atoms with Crippen molar-refractivity contribution in [1.82, 2.24) is 10.6 Å². The summed E-state index contributed by atoms with van der Waals surface area (Å²) in [5.74, 6) is -0.346. The summed E-state index contributed by atoms with van der Waals surface area (Å²) in [6.45, 7) is -1.79. The van der Waals surface area contributed by atoms with E-state index in [9.17, 15) is 13.6 Å². The van der Waals surface area contributed by atoms with Gasteiger partial charge in [0.2, 0.25) is 0 Å². The van der Waals surface area contributed by atoms with Crippen LogP contribution in [0.4, 0.5) is 8.78 Å². The Balaban J connectivity index is 2.60. The molecule has 0 aliphatic rings. The second-order valence-corrected chi connectivity index (χ2v) is 3.27. The Kier molecular flexibility index (Phi) is 5.35. The number of alkyl halides is 2. The van der Waals surface area contributed by atoms with Gasteiger partial charge in [-0.05, 0) is 25.2 Å². The Morgan fingerprint density at radius 2 is 2.18 bits per heavy atom. The van der Waals surface area contributed by atoms with Crippen LogP contribution in [0.15, 0.2) is 24.3 Å². The van der Waals surface area contributed by atoms with Crippen LogP contribution in [0.25, 0.3) is 0 Å². The molecule has 0 saturated carbocycles. The molecule has 17 heavy (non-hydrogen) atoms. The van der Waals surface area contributed by atoms with Gasteiger partial charge in [-0.1, -0.05) is 6.07 Å². The van der Waals surface area contributed by atoms with Crippen LogP contribution in [0, 0.1) is 0 Å². The lowest BCUT2D eigenvalue weighted by Crippen LogP contribution is -2.30. The highest BCUT2D eigenvalue weighted by atomic mass is 19.3. The first-order valence-electron chi connectivity index (χ1n) is 5.11. The smallest absolute Gasteiger partial charge is 0.387 e. The van der Waals surface area contributed by atoms with Crippen molar-refractivity contribution in [2.45, 2.75) is 6.61 Å². The van der Waals surface area contributed by atoms with E-state index in [1.165, 1.54) is 24.3 Å². The molecular weight excluding hydrogens is 230 g/mol. The van der Waals surface area contributed by atoms with E-state index in [0.717, 1.165) is 0 Å². The van der Waals surface area contributed by atoms with Crippen LogP contribution >= 0.6 is 0 Å². The van der Waals surface area contributed by atoms with E-state index in [2.05, 4.69) is 15.4 Å². The van der Waals surface area contributed by atoms with Crippen molar-refractivity contribution < 1.29 is 18.3 Å². The van der Waals surface area contributed by atoms with Crippen LogP contribution in [0.2, 0.25) is 0 Å². The molecule has 0 unspecified atom stereocenters. The first-order valence-corrected chi connectivity index (χ1v) is 5.11. The number of carbonyl (C=O) groups excluding carboxylic acids is 1. The van der Waals surface area contributed by atoms with Crippen molar-refractivity contribution in [3.05, 3.63) is 29.8 Å². The van der Waals surface area contributed by atoms with Crippen LogP contribution in [0.1, 0.15) is 10.4 Å². The zero-order valence-corrected chi connectivity index (χ0v) is 9.37. The number of hydrogen-bond acceptors (Lipinski definition) is 3. The quantitative estimate of drug-likeness (QED) is 0.740. The Morgan fingerprint density at radius 1 is 1.41 bits per heavy atom. The maximum absolute atomic E-state index is 12.0. The van der Waals surface area contributed by atoms with Crippen molar-refractivity contribution in [2.75, 3.05) is 20.1 Å². The topological polar surface area (TPSA) is 50.4 Å². The zero-order valence-electron chi connectivity index (χ0n) is 9.37. The molecule has 94 valence electrons. The van der Waals surface area contributed by atoms with Gasteiger partial charge in [0.25, 0.3) is 5.91 Å². The molecule has 0 bridgehead atoms. The number of carbonyl (C=O) groups is 1. The fraction of sp³-hybridized carbons (Fsp3) is 0.364. The normalized spacial score (nSPS) is 10.4. The van der Waals surface area contributed by atoms with Crippen molar-refractivity contribution in [2.24, 2.45) is 0 Å². The van der Waals surface area contributed by atoms with E-state index in [4.69, 9.17) is 0 Å². The molecule has 0 aliphatic carbocycles. The van der Waals surface area contributed by atoms with E-state index in [1.54, 1.807) is 7.05 Å². The van der Waals surface area contributed by atoms with E-state index in [0.29, 0.717) is 18.7 Å². The molecule has 4 nitrogen and oxygen atoms in total. The largest absolute Gasteiger partial charge is 0.435 e. The molecular formula is C11H14F2N2O2. The van der Waals surface area contributed by atoms with Crippen molar-refractivity contribution in [3.8, 4) is 5.75 Å². The summed E-state index contributed by atoms with van der Waals surface area (Å²) >= 11 is 0. The van der Waals surface area contributed by atoms with Crippen LogP contribution in [-0.2, 0) is 0 Å². The Bertz CT molecular complexity index is 372. The van der Waals surface area contributed by atoms with Crippen LogP contribution in [0.3, 0.4) is 0 Å². The highest BCUT2D eigenvalue weighted by molar-refractivity contribution is 5.94. The fourth-order valence-electron chi connectivity index (χ4n) is 1.22. The van der Waals surface area contributed by atoms with Crippen LogP contribution < -0.4 is 15.4 Å². The van der Waals surface area contributed by atoms with Gasteiger partial charge < -0.3 is 15.4 Å². The average molecular weight is 244 g/mol. The SMILES string of the molecule is CNCCNC(=O)c1cccc(OC(F)F)c1. The molecule has 0 radical (unpaired) electrons. The van der Waals surface area contributed by atoms with Gasteiger partial charge in [-0.15, -0.1) is 0 Å². The highest BCUT2D eigenvalue weighted by Gasteiger charge is 2.08. The molecule has 2 N–H and O–H groups in total. The number of hydrogen-bond donors (Lipinski definition) is 2. The average Bonchev–Trinajstić information content (AvgIpc) is 2.28. The van der Waals surface area contributed by atoms with Gasteiger partial charge in [0.05, 0.1) is 0 Å². The Morgan fingerprint density at radius 3 is 2.82 bits per heavy atom. The first kappa shape index (κ1) is 13.4. The fourth-order valence-corrected chi connectivity index (χ4v) is 1.22. The third-order valence-electron chi connectivity index (χ3n) is 1.98. The molecule has 0 heterocycles. The monoisotopic (exact) mass is 244 g/mol. The molecule has 1 amide bonds. The molecule has 1 aromatic rings. The maximum atomic E-state index is 12.0. The highest BCUT2D eigenvalue weighted by Crippen LogP contribution is 2.15. The summed E-state index contributed by atoms with van der Waals surface area (Å²) in [6.07, 6.45) is 0. The minimum atomic E-state index is -2.89. The zero-order chi connectivity index (χ0) is 12.7. The van der Waals surface area contributed by atoms with Gasteiger partial charge in [-0.3, -0.25) is 4.79 Å². The lowest BCUT2D eigenvalue weighted by Gasteiger charge is -2.07. The van der Waals surface area contributed by atoms with Gasteiger partial charge in [0, 0.05) is 18.7 Å². The summed E-state index contributed by atoms with van der Waals surface area (Å²) in [6, 6.07) is 5.68. The molecule has 6 heteroatoms. The number of halogens is 2. The molecule has 1 rings (SSSR count). The summed E-state index contributed by atoms with van der Waals surface area (Å²) in [4.78, 5) is 11.6. The van der Waals surface area contributed by atoms with Gasteiger partial charge >= 0.3 is 6.61 Å². The van der Waals surface area contributed by atoms with E-state index >= 15 is 0 Å². The summed E-state index contributed by atoms with van der Waals surface area (Å²) in [7, 11) is 1.77. The number of ether oxygens (including phenoxy) is 1. The standard InChI is InChI=1S/C11H14F2N2O2/c1-14-5-6-15-10(16)8-3-2-4-9(7-8)17-11(12)13/h2-4,7,11,14H,5-6H2,1H3,(H,15,16). The number of likely N-dealkylation sites (N-methyl/N-ethyl adjacent to an activating group) is 1. The first-order chi connectivity index (χ1) is 8.13. The number of nitrogens with one attached hydrogen (secondary N) is 2. The predicted molar refractivity (Wildman–Crippen MR) is 59.3 cm³/mol. The van der Waals surface area contributed by atoms with E-state index < -0.39 is 6.61 Å². The van der Waals surface area contributed by atoms with Gasteiger partial charge in [-0.2, -0.15) is 8.78 Å². The minimum Gasteiger partial charge on any atom is -0.435 e. The summed E-state index contributed by atoms with van der Waals surface area (Å²) in [5.41, 5.74) is 0.291. The van der Waals surface area contributed by atoms with Crippen LogP contribution in [0.5, 0.6) is 5.75 Å². The third kappa shape index (κ3) is 4.78. The number of amides is 1. The van der Waals surface area contributed by atoms with Crippen molar-refractivity contribution >= 4 is 5.91 Å². The third-order valence-corrected chi connectivity index (χ3v) is 1.98. The lowest BCUT2D eigenvalue weighted by molar-refractivity contribution is -0.0498. The van der Waals surface area contributed by atoms with Crippen LogP contribution in [-0.4, -0.2) is 32.7 Å². The number of rotatable bonds is 6.